The Kier molecular flexibility index (Phi) is 7.22. The monoisotopic (exact) mass is 367 g/mol. The van der Waals surface area contributed by atoms with Crippen LogP contribution < -0.4 is 15.8 Å². The van der Waals surface area contributed by atoms with Crippen molar-refractivity contribution in [2.75, 3.05) is 6.54 Å². The lowest BCUT2D eigenvalue weighted by Crippen LogP contribution is -2.31. The van der Waals surface area contributed by atoms with Gasteiger partial charge in [0.2, 0.25) is 11.8 Å². The van der Waals surface area contributed by atoms with E-state index in [1.807, 2.05) is 12.1 Å². The van der Waals surface area contributed by atoms with E-state index in [0.29, 0.717) is 17.5 Å². The van der Waals surface area contributed by atoms with E-state index in [2.05, 4.69) is 22.4 Å². The molecule has 1 fully saturated rings. The van der Waals surface area contributed by atoms with Gasteiger partial charge in [-0.15, -0.1) is 0 Å². The molecule has 5 heteroatoms. The summed E-state index contributed by atoms with van der Waals surface area (Å²) in [5.41, 5.74) is 6.87. The Bertz CT molecular complexity index is 705. The van der Waals surface area contributed by atoms with Crippen molar-refractivity contribution in [1.29, 1.82) is 0 Å². The van der Waals surface area contributed by atoms with Gasteiger partial charge in [0, 0.05) is 18.3 Å². The van der Waals surface area contributed by atoms with Crippen LogP contribution in [0.25, 0.3) is 0 Å². The van der Waals surface area contributed by atoms with Crippen LogP contribution in [0.4, 0.5) is 0 Å². The standard InChI is InChI=1S/C22H29N3O2/c23-22(26)18-10-13-21(25-16-18)27-20-11-8-17(9-12-20)14-15-24-19-6-4-2-1-3-5-7-19/h8-13,16,19,24H,1-7,14-15H2,(H2,23,26). The Balaban J connectivity index is 1.44. The summed E-state index contributed by atoms with van der Waals surface area (Å²) in [6, 6.07) is 12.0. The number of rotatable bonds is 7. The number of ether oxygens (including phenoxy) is 1. The van der Waals surface area contributed by atoms with Crippen LogP contribution in [-0.4, -0.2) is 23.5 Å². The zero-order valence-corrected chi connectivity index (χ0v) is 15.8. The van der Waals surface area contributed by atoms with Crippen molar-refractivity contribution in [3.8, 4) is 11.6 Å². The highest BCUT2D eigenvalue weighted by molar-refractivity contribution is 5.92. The van der Waals surface area contributed by atoms with Gasteiger partial charge in [-0.2, -0.15) is 0 Å². The van der Waals surface area contributed by atoms with Crippen LogP contribution in [0.3, 0.4) is 0 Å². The van der Waals surface area contributed by atoms with Crippen molar-refractivity contribution in [2.45, 2.75) is 57.4 Å². The highest BCUT2D eigenvalue weighted by atomic mass is 16.5. The molecule has 0 radical (unpaired) electrons. The smallest absolute Gasteiger partial charge is 0.250 e. The summed E-state index contributed by atoms with van der Waals surface area (Å²) in [7, 11) is 0. The van der Waals surface area contributed by atoms with E-state index in [9.17, 15) is 4.79 Å². The first-order valence-electron chi connectivity index (χ1n) is 9.97. The predicted octanol–water partition coefficient (Wildman–Crippen LogP) is 4.22. The maximum atomic E-state index is 11.1. The van der Waals surface area contributed by atoms with Gasteiger partial charge in [-0.1, -0.05) is 44.2 Å². The molecular weight excluding hydrogens is 338 g/mol. The van der Waals surface area contributed by atoms with E-state index in [-0.39, 0.29) is 0 Å². The second kappa shape index (κ2) is 10.1. The molecule has 1 aromatic carbocycles. The minimum Gasteiger partial charge on any atom is -0.439 e. The van der Waals surface area contributed by atoms with Gasteiger partial charge in [-0.05, 0) is 49.6 Å². The van der Waals surface area contributed by atoms with Gasteiger partial charge in [0.15, 0.2) is 0 Å². The third-order valence-corrected chi connectivity index (χ3v) is 5.12. The zero-order valence-electron chi connectivity index (χ0n) is 15.8. The second-order valence-electron chi connectivity index (χ2n) is 7.24. The van der Waals surface area contributed by atoms with Gasteiger partial charge < -0.3 is 15.8 Å². The number of aromatic nitrogens is 1. The second-order valence-corrected chi connectivity index (χ2v) is 7.24. The minimum absolute atomic E-state index is 0.370. The Morgan fingerprint density at radius 3 is 2.37 bits per heavy atom. The summed E-state index contributed by atoms with van der Waals surface area (Å²) in [4.78, 5) is 15.2. The average molecular weight is 367 g/mol. The van der Waals surface area contributed by atoms with Crippen LogP contribution in [0, 0.1) is 0 Å². The van der Waals surface area contributed by atoms with Crippen molar-refractivity contribution in [1.82, 2.24) is 10.3 Å². The largest absolute Gasteiger partial charge is 0.439 e. The van der Waals surface area contributed by atoms with E-state index >= 15 is 0 Å². The summed E-state index contributed by atoms with van der Waals surface area (Å²) < 4.78 is 5.71. The minimum atomic E-state index is -0.494. The van der Waals surface area contributed by atoms with Crippen LogP contribution in [0.5, 0.6) is 11.6 Å². The number of hydrogen-bond donors (Lipinski definition) is 2. The van der Waals surface area contributed by atoms with Crippen molar-refractivity contribution >= 4 is 5.91 Å². The summed E-state index contributed by atoms with van der Waals surface area (Å²) in [5, 5.41) is 3.73. The Hall–Kier alpha value is -2.40. The van der Waals surface area contributed by atoms with Crippen LogP contribution >= 0.6 is 0 Å². The number of nitrogens with zero attached hydrogens (tertiary/aromatic N) is 1. The zero-order chi connectivity index (χ0) is 18.9. The van der Waals surface area contributed by atoms with Gasteiger partial charge >= 0.3 is 0 Å². The topological polar surface area (TPSA) is 77.2 Å². The number of benzene rings is 1. The molecule has 5 nitrogen and oxygen atoms in total. The summed E-state index contributed by atoms with van der Waals surface area (Å²) in [6.45, 7) is 1.01. The number of pyridine rings is 1. The lowest BCUT2D eigenvalue weighted by atomic mass is 9.96. The van der Waals surface area contributed by atoms with Crippen LogP contribution in [0.15, 0.2) is 42.6 Å². The third-order valence-electron chi connectivity index (χ3n) is 5.12. The molecule has 1 heterocycles. The molecule has 0 atom stereocenters. The van der Waals surface area contributed by atoms with Crippen molar-refractivity contribution in [2.24, 2.45) is 5.73 Å². The lowest BCUT2D eigenvalue weighted by Gasteiger charge is -2.21. The number of nitrogens with two attached hydrogens (primary N) is 1. The van der Waals surface area contributed by atoms with Gasteiger partial charge in [-0.25, -0.2) is 4.98 Å². The van der Waals surface area contributed by atoms with E-state index in [0.717, 1.165) is 18.7 Å². The maximum absolute atomic E-state index is 11.1. The summed E-state index contributed by atoms with van der Waals surface area (Å²) in [6.07, 6.45) is 12.0. The third kappa shape index (κ3) is 6.36. The maximum Gasteiger partial charge on any atom is 0.250 e. The fraction of sp³-hybridized carbons (Fsp3) is 0.455. The Labute approximate surface area is 161 Å². The summed E-state index contributed by atoms with van der Waals surface area (Å²) >= 11 is 0. The molecule has 0 unspecified atom stereocenters. The number of hydrogen-bond acceptors (Lipinski definition) is 4. The fourth-order valence-electron chi connectivity index (χ4n) is 3.51. The summed E-state index contributed by atoms with van der Waals surface area (Å²) in [5.74, 6) is 0.677. The first kappa shape index (κ1) is 19.4. The molecule has 27 heavy (non-hydrogen) atoms. The Morgan fingerprint density at radius 1 is 1.04 bits per heavy atom. The molecule has 0 aliphatic heterocycles. The molecule has 2 aromatic rings. The normalized spacial score (nSPS) is 15.7. The molecule has 144 valence electrons. The van der Waals surface area contributed by atoms with Crippen LogP contribution in [0.2, 0.25) is 0 Å². The number of amides is 1. The molecule has 1 aromatic heterocycles. The van der Waals surface area contributed by atoms with E-state index < -0.39 is 5.91 Å². The molecule has 1 amide bonds. The van der Waals surface area contributed by atoms with Crippen molar-refractivity contribution in [3.05, 3.63) is 53.7 Å². The van der Waals surface area contributed by atoms with E-state index in [1.54, 1.807) is 12.1 Å². The molecule has 0 bridgehead atoms. The highest BCUT2D eigenvalue weighted by Crippen LogP contribution is 2.20. The van der Waals surface area contributed by atoms with Crippen molar-refractivity contribution in [3.63, 3.8) is 0 Å². The van der Waals surface area contributed by atoms with E-state index in [1.165, 1.54) is 56.7 Å². The highest BCUT2D eigenvalue weighted by Gasteiger charge is 2.10. The first-order valence-corrected chi connectivity index (χ1v) is 9.97. The fourth-order valence-corrected chi connectivity index (χ4v) is 3.51. The molecule has 3 N–H and O–H groups in total. The molecule has 0 spiro atoms. The molecule has 0 saturated heterocycles. The van der Waals surface area contributed by atoms with Gasteiger partial charge in [-0.3, -0.25) is 4.79 Å². The SMILES string of the molecule is NC(=O)c1ccc(Oc2ccc(CCNC3CCCCCCC3)cc2)nc1. The number of primary amides is 1. The first-order chi connectivity index (χ1) is 13.2. The number of carbonyl (C=O) groups is 1. The molecule has 1 saturated carbocycles. The van der Waals surface area contributed by atoms with Crippen LogP contribution in [0.1, 0.15) is 60.9 Å². The molecule has 1 aliphatic carbocycles. The average Bonchev–Trinajstić information content (AvgIpc) is 2.65. The predicted molar refractivity (Wildman–Crippen MR) is 107 cm³/mol. The van der Waals surface area contributed by atoms with Gasteiger partial charge in [0.25, 0.3) is 0 Å². The Morgan fingerprint density at radius 2 is 1.74 bits per heavy atom. The van der Waals surface area contributed by atoms with Crippen molar-refractivity contribution < 1.29 is 9.53 Å². The van der Waals surface area contributed by atoms with Crippen LogP contribution in [-0.2, 0) is 6.42 Å². The molecule has 1 aliphatic rings. The molecular formula is C22H29N3O2. The number of carbonyl (C=O) groups excluding carboxylic acids is 1. The number of nitrogens with one attached hydrogen (secondary N) is 1. The lowest BCUT2D eigenvalue weighted by molar-refractivity contribution is 0.1000. The quantitative estimate of drug-likeness (QED) is 0.768. The van der Waals surface area contributed by atoms with E-state index in [4.69, 9.17) is 10.5 Å². The van der Waals surface area contributed by atoms with Gasteiger partial charge in [0.1, 0.15) is 5.75 Å². The van der Waals surface area contributed by atoms with Gasteiger partial charge in [0.05, 0.1) is 5.56 Å². The molecule has 3 rings (SSSR count).